The van der Waals surface area contributed by atoms with Crippen LogP contribution in [0.25, 0.3) is 0 Å². The van der Waals surface area contributed by atoms with Crippen LogP contribution in [0.4, 0.5) is 0 Å². The molecule has 16 heavy (non-hydrogen) atoms. The van der Waals surface area contributed by atoms with Crippen LogP contribution in [-0.2, 0) is 4.79 Å². The van der Waals surface area contributed by atoms with Crippen molar-refractivity contribution in [3.63, 3.8) is 0 Å². The largest absolute Gasteiger partial charge is 0.481 e. The van der Waals surface area contributed by atoms with Crippen molar-refractivity contribution in [1.29, 1.82) is 0 Å². The van der Waals surface area contributed by atoms with E-state index in [1.807, 2.05) is 6.08 Å². The smallest absolute Gasteiger partial charge is 0.306 e. The number of halogens is 1. The molecule has 2 rings (SSSR count). The van der Waals surface area contributed by atoms with Gasteiger partial charge < -0.3 is 5.11 Å². The van der Waals surface area contributed by atoms with Gasteiger partial charge in [0.15, 0.2) is 0 Å². The summed E-state index contributed by atoms with van der Waals surface area (Å²) in [5.74, 6) is 0.480. The van der Waals surface area contributed by atoms with Crippen LogP contribution in [0.3, 0.4) is 0 Å². The molecular formula is C13H17ClO2. The molecule has 3 heteroatoms. The second-order valence-electron chi connectivity index (χ2n) is 4.80. The minimum atomic E-state index is -0.624. The Labute approximate surface area is 101 Å². The first-order valence-electron chi connectivity index (χ1n) is 5.93. The topological polar surface area (TPSA) is 37.3 Å². The quantitative estimate of drug-likeness (QED) is 0.801. The standard InChI is InChI=1S/C13H17ClO2/c14-12-7-5-10(6-8-12)9-1-3-11(4-2-9)13(15)16/h5,7-11H,1-4,6H2,(H,15,16). The molecular weight excluding hydrogens is 224 g/mol. The van der Waals surface area contributed by atoms with Crippen molar-refractivity contribution < 1.29 is 9.90 Å². The van der Waals surface area contributed by atoms with E-state index < -0.39 is 5.97 Å². The van der Waals surface area contributed by atoms with Crippen molar-refractivity contribution in [3.05, 3.63) is 23.3 Å². The Kier molecular flexibility index (Phi) is 3.70. The average Bonchev–Trinajstić information content (AvgIpc) is 2.30. The fourth-order valence-electron chi connectivity index (χ4n) is 2.75. The molecule has 1 saturated carbocycles. The van der Waals surface area contributed by atoms with E-state index in [1.54, 1.807) is 0 Å². The van der Waals surface area contributed by atoms with Crippen LogP contribution in [0.1, 0.15) is 32.1 Å². The number of carboxylic acids is 1. The summed E-state index contributed by atoms with van der Waals surface area (Å²) in [6, 6.07) is 0. The van der Waals surface area contributed by atoms with Gasteiger partial charge >= 0.3 is 5.97 Å². The lowest BCUT2D eigenvalue weighted by atomic mass is 9.74. The summed E-state index contributed by atoms with van der Waals surface area (Å²) in [5, 5.41) is 9.76. The number of carbonyl (C=O) groups is 1. The van der Waals surface area contributed by atoms with E-state index in [9.17, 15) is 4.79 Å². The van der Waals surface area contributed by atoms with Gasteiger partial charge in [0.1, 0.15) is 0 Å². The monoisotopic (exact) mass is 240 g/mol. The van der Waals surface area contributed by atoms with Crippen molar-refractivity contribution >= 4 is 17.6 Å². The maximum Gasteiger partial charge on any atom is 0.306 e. The van der Waals surface area contributed by atoms with Crippen LogP contribution in [0.15, 0.2) is 23.3 Å². The van der Waals surface area contributed by atoms with Crippen molar-refractivity contribution in [3.8, 4) is 0 Å². The van der Waals surface area contributed by atoms with Crippen LogP contribution in [0.5, 0.6) is 0 Å². The summed E-state index contributed by atoms with van der Waals surface area (Å²) in [5.41, 5.74) is 0. The van der Waals surface area contributed by atoms with Crippen LogP contribution in [0.2, 0.25) is 0 Å². The average molecular weight is 241 g/mol. The molecule has 0 spiro atoms. The molecule has 0 heterocycles. The summed E-state index contributed by atoms with van der Waals surface area (Å²) in [4.78, 5) is 10.8. The van der Waals surface area contributed by atoms with E-state index in [1.165, 1.54) is 0 Å². The third-order valence-corrected chi connectivity index (χ3v) is 4.09. The zero-order chi connectivity index (χ0) is 11.5. The highest BCUT2D eigenvalue weighted by atomic mass is 35.5. The number of aliphatic carboxylic acids is 1. The van der Waals surface area contributed by atoms with Gasteiger partial charge in [-0.2, -0.15) is 0 Å². The number of hydrogen-bond acceptors (Lipinski definition) is 1. The van der Waals surface area contributed by atoms with Gasteiger partial charge in [0.2, 0.25) is 0 Å². The van der Waals surface area contributed by atoms with E-state index in [-0.39, 0.29) is 5.92 Å². The molecule has 1 N–H and O–H groups in total. The second kappa shape index (κ2) is 5.05. The summed E-state index contributed by atoms with van der Waals surface area (Å²) in [6.45, 7) is 0. The van der Waals surface area contributed by atoms with Gasteiger partial charge in [-0.1, -0.05) is 23.8 Å². The Morgan fingerprint density at radius 2 is 2.00 bits per heavy atom. The second-order valence-corrected chi connectivity index (χ2v) is 5.23. The molecule has 0 aromatic carbocycles. The Hall–Kier alpha value is -0.760. The first kappa shape index (κ1) is 11.7. The van der Waals surface area contributed by atoms with Gasteiger partial charge in [-0.3, -0.25) is 4.79 Å². The molecule has 0 bridgehead atoms. The molecule has 1 unspecified atom stereocenters. The lowest BCUT2D eigenvalue weighted by molar-refractivity contribution is -0.143. The Morgan fingerprint density at radius 1 is 1.31 bits per heavy atom. The zero-order valence-electron chi connectivity index (χ0n) is 9.23. The molecule has 2 nitrogen and oxygen atoms in total. The van der Waals surface area contributed by atoms with Gasteiger partial charge in [-0.15, -0.1) is 0 Å². The normalized spacial score (nSPS) is 34.6. The SMILES string of the molecule is O=C(O)C1CCC(C2C=CC(Cl)=CC2)CC1. The highest BCUT2D eigenvalue weighted by Crippen LogP contribution is 2.37. The maximum absolute atomic E-state index is 10.8. The minimum Gasteiger partial charge on any atom is -0.481 e. The van der Waals surface area contributed by atoms with E-state index in [0.29, 0.717) is 11.8 Å². The number of allylic oxidation sites excluding steroid dienone is 4. The number of hydrogen-bond donors (Lipinski definition) is 1. The molecule has 0 amide bonds. The third kappa shape index (κ3) is 2.67. The van der Waals surface area contributed by atoms with E-state index in [4.69, 9.17) is 16.7 Å². The van der Waals surface area contributed by atoms with Crippen molar-refractivity contribution in [2.75, 3.05) is 0 Å². The fourth-order valence-corrected chi connectivity index (χ4v) is 2.92. The van der Waals surface area contributed by atoms with E-state index >= 15 is 0 Å². The number of rotatable bonds is 2. The molecule has 0 saturated heterocycles. The molecule has 0 aromatic heterocycles. The Balaban J connectivity index is 1.86. The van der Waals surface area contributed by atoms with Gasteiger partial charge in [0.05, 0.1) is 5.92 Å². The highest BCUT2D eigenvalue weighted by molar-refractivity contribution is 6.31. The highest BCUT2D eigenvalue weighted by Gasteiger charge is 2.29. The summed E-state index contributed by atoms with van der Waals surface area (Å²) < 4.78 is 0. The first-order chi connectivity index (χ1) is 7.66. The van der Waals surface area contributed by atoms with Gasteiger partial charge in [0, 0.05) is 5.03 Å². The van der Waals surface area contributed by atoms with E-state index in [0.717, 1.165) is 37.1 Å². The molecule has 88 valence electrons. The lowest BCUT2D eigenvalue weighted by Crippen LogP contribution is -2.25. The molecule has 2 aliphatic rings. The Morgan fingerprint density at radius 3 is 2.50 bits per heavy atom. The molecule has 0 radical (unpaired) electrons. The number of carboxylic acid groups (broad SMARTS) is 1. The minimum absolute atomic E-state index is 0.108. The van der Waals surface area contributed by atoms with Crippen molar-refractivity contribution in [2.24, 2.45) is 17.8 Å². The molecule has 0 aromatic rings. The fraction of sp³-hybridized carbons (Fsp3) is 0.615. The maximum atomic E-state index is 10.8. The van der Waals surface area contributed by atoms with Crippen LogP contribution >= 0.6 is 11.6 Å². The lowest BCUT2D eigenvalue weighted by Gasteiger charge is -2.31. The molecule has 2 aliphatic carbocycles. The predicted octanol–water partition coefficient (Wildman–Crippen LogP) is 3.58. The van der Waals surface area contributed by atoms with Gasteiger partial charge in [-0.25, -0.2) is 0 Å². The molecule has 1 fully saturated rings. The third-order valence-electron chi connectivity index (χ3n) is 3.81. The molecule has 0 aliphatic heterocycles. The van der Waals surface area contributed by atoms with Gasteiger partial charge in [0.25, 0.3) is 0 Å². The van der Waals surface area contributed by atoms with Crippen LogP contribution < -0.4 is 0 Å². The Bertz CT molecular complexity index is 325. The van der Waals surface area contributed by atoms with Crippen LogP contribution in [-0.4, -0.2) is 11.1 Å². The van der Waals surface area contributed by atoms with Crippen molar-refractivity contribution in [2.45, 2.75) is 32.1 Å². The predicted molar refractivity (Wildman–Crippen MR) is 64.3 cm³/mol. The summed E-state index contributed by atoms with van der Waals surface area (Å²) in [7, 11) is 0. The zero-order valence-corrected chi connectivity index (χ0v) is 9.99. The summed E-state index contributed by atoms with van der Waals surface area (Å²) in [6.07, 6.45) is 11.0. The van der Waals surface area contributed by atoms with E-state index in [2.05, 4.69) is 12.2 Å². The molecule has 1 atom stereocenters. The van der Waals surface area contributed by atoms with Crippen molar-refractivity contribution in [1.82, 2.24) is 0 Å². The summed E-state index contributed by atoms with van der Waals surface area (Å²) >= 11 is 5.88. The van der Waals surface area contributed by atoms with Crippen LogP contribution in [0, 0.1) is 17.8 Å². The van der Waals surface area contributed by atoms with Gasteiger partial charge in [-0.05, 0) is 50.0 Å². The first-order valence-corrected chi connectivity index (χ1v) is 6.31.